The summed E-state index contributed by atoms with van der Waals surface area (Å²) in [5.41, 5.74) is -3.21. The van der Waals surface area contributed by atoms with Crippen molar-refractivity contribution in [3.8, 4) is 0 Å². The second-order valence-electron chi connectivity index (χ2n) is 8.36. The summed E-state index contributed by atoms with van der Waals surface area (Å²) in [6, 6.07) is 4.53. The Hall–Kier alpha value is -3.70. The van der Waals surface area contributed by atoms with Gasteiger partial charge in [0.1, 0.15) is 0 Å². The molecule has 0 radical (unpaired) electrons. The second-order valence-corrected chi connectivity index (χ2v) is 8.36. The number of alkyl halides is 3. The molecule has 0 spiro atoms. The molecule has 2 heterocycles. The smallest absolute Gasteiger partial charge is 0.354 e. The van der Waals surface area contributed by atoms with Crippen LogP contribution in [-0.2, 0) is 18.1 Å². The first-order chi connectivity index (χ1) is 15.9. The summed E-state index contributed by atoms with van der Waals surface area (Å²) in [5, 5.41) is 6.34. The van der Waals surface area contributed by atoms with E-state index >= 15 is 0 Å². The molecule has 34 heavy (non-hydrogen) atoms. The lowest BCUT2D eigenvalue weighted by Crippen LogP contribution is -2.42. The predicted octanol–water partition coefficient (Wildman–Crippen LogP) is 1.76. The lowest BCUT2D eigenvalue weighted by molar-refractivity contribution is -0.137. The van der Waals surface area contributed by atoms with Gasteiger partial charge in [0.25, 0.3) is 5.91 Å². The fourth-order valence-electron chi connectivity index (χ4n) is 4.10. The maximum Gasteiger partial charge on any atom is 0.416 e. The van der Waals surface area contributed by atoms with Crippen LogP contribution in [0.5, 0.6) is 0 Å². The van der Waals surface area contributed by atoms with Crippen molar-refractivity contribution < 1.29 is 27.6 Å². The number of carbonyl (C=O) groups excluding carboxylic acids is 3. The molecule has 3 amide bonds. The first-order valence-electron chi connectivity index (χ1n) is 10.3. The van der Waals surface area contributed by atoms with Crippen LogP contribution in [0.1, 0.15) is 38.4 Å². The SMILES string of the molecule is CNC(=O)c1nn(CC2(c3cccc(C(F)(F)F)c3)CCN(C(=O)N(C)C)C2)cc(C=O)c1=O. The van der Waals surface area contributed by atoms with Gasteiger partial charge >= 0.3 is 12.2 Å². The van der Waals surface area contributed by atoms with Crippen LogP contribution in [-0.4, -0.2) is 72.0 Å². The molecule has 1 aliphatic heterocycles. The molecule has 0 bridgehead atoms. The molecule has 9 nitrogen and oxygen atoms in total. The van der Waals surface area contributed by atoms with Crippen molar-refractivity contribution in [3.05, 3.63) is 63.1 Å². The molecule has 1 saturated heterocycles. The monoisotopic (exact) mass is 479 g/mol. The van der Waals surface area contributed by atoms with Gasteiger partial charge < -0.3 is 15.1 Å². The number of likely N-dealkylation sites (tertiary alicyclic amines) is 1. The van der Waals surface area contributed by atoms with E-state index in [4.69, 9.17) is 0 Å². The quantitative estimate of drug-likeness (QED) is 0.659. The molecule has 12 heteroatoms. The molecule has 3 rings (SSSR count). The van der Waals surface area contributed by atoms with Gasteiger partial charge in [0.2, 0.25) is 5.43 Å². The van der Waals surface area contributed by atoms with Gasteiger partial charge in [-0.05, 0) is 18.1 Å². The Labute approximate surface area is 193 Å². The number of carbonyl (C=O) groups is 3. The normalized spacial score (nSPS) is 18.0. The Kier molecular flexibility index (Phi) is 6.80. The van der Waals surface area contributed by atoms with Crippen molar-refractivity contribution in [2.24, 2.45) is 0 Å². The Bertz CT molecular complexity index is 1180. The van der Waals surface area contributed by atoms with Crippen LogP contribution in [0.4, 0.5) is 18.0 Å². The van der Waals surface area contributed by atoms with Crippen molar-refractivity contribution in [1.29, 1.82) is 0 Å². The van der Waals surface area contributed by atoms with Crippen LogP contribution >= 0.6 is 0 Å². The third-order valence-electron chi connectivity index (χ3n) is 5.84. The summed E-state index contributed by atoms with van der Waals surface area (Å²) in [6.07, 6.45) is -2.82. The minimum atomic E-state index is -4.57. The number of hydrogen-bond donors (Lipinski definition) is 1. The molecule has 1 atom stereocenters. The zero-order valence-electron chi connectivity index (χ0n) is 18.8. The highest BCUT2D eigenvalue weighted by molar-refractivity contribution is 5.93. The lowest BCUT2D eigenvalue weighted by atomic mass is 9.79. The number of amides is 3. The molecule has 1 N–H and O–H groups in total. The number of urea groups is 1. The fourth-order valence-corrected chi connectivity index (χ4v) is 4.10. The topological polar surface area (TPSA) is 105 Å². The van der Waals surface area contributed by atoms with Gasteiger partial charge in [0, 0.05) is 45.8 Å². The van der Waals surface area contributed by atoms with E-state index in [0.717, 1.165) is 18.3 Å². The van der Waals surface area contributed by atoms with Gasteiger partial charge in [-0.2, -0.15) is 18.3 Å². The molecular weight excluding hydrogens is 455 g/mol. The Morgan fingerprint density at radius 1 is 1.29 bits per heavy atom. The first kappa shape index (κ1) is 24.9. The van der Waals surface area contributed by atoms with Crippen LogP contribution in [0.2, 0.25) is 0 Å². The van der Waals surface area contributed by atoms with E-state index in [9.17, 15) is 32.3 Å². The maximum atomic E-state index is 13.4. The molecule has 0 saturated carbocycles. The minimum absolute atomic E-state index is 0.0728. The molecule has 0 aliphatic carbocycles. The molecule has 1 fully saturated rings. The van der Waals surface area contributed by atoms with Crippen LogP contribution in [0.3, 0.4) is 0 Å². The van der Waals surface area contributed by atoms with E-state index in [-0.39, 0.29) is 31.2 Å². The lowest BCUT2D eigenvalue weighted by Gasteiger charge is -2.32. The number of halogens is 3. The zero-order chi connectivity index (χ0) is 25.3. The summed E-state index contributed by atoms with van der Waals surface area (Å²) >= 11 is 0. The van der Waals surface area contributed by atoms with Gasteiger partial charge in [0.05, 0.1) is 17.7 Å². The van der Waals surface area contributed by atoms with E-state index < -0.39 is 34.2 Å². The van der Waals surface area contributed by atoms with E-state index in [0.29, 0.717) is 18.3 Å². The van der Waals surface area contributed by atoms with Crippen molar-refractivity contribution in [2.75, 3.05) is 34.2 Å². The van der Waals surface area contributed by atoms with E-state index in [1.807, 2.05) is 0 Å². The number of nitrogens with one attached hydrogen (secondary N) is 1. The fraction of sp³-hybridized carbons (Fsp3) is 0.409. The number of aromatic nitrogens is 2. The maximum absolute atomic E-state index is 13.4. The molecule has 2 aromatic rings. The van der Waals surface area contributed by atoms with Crippen molar-refractivity contribution >= 4 is 18.2 Å². The summed E-state index contributed by atoms with van der Waals surface area (Å²) < 4.78 is 41.5. The second kappa shape index (κ2) is 9.27. The first-order valence-corrected chi connectivity index (χ1v) is 10.3. The average molecular weight is 479 g/mol. The average Bonchev–Trinajstić information content (AvgIpc) is 3.23. The minimum Gasteiger partial charge on any atom is -0.354 e. The van der Waals surface area contributed by atoms with Crippen LogP contribution in [0, 0.1) is 0 Å². The summed E-state index contributed by atoms with van der Waals surface area (Å²) in [6.45, 7) is 0.276. The van der Waals surface area contributed by atoms with Crippen molar-refractivity contribution in [2.45, 2.75) is 24.6 Å². The number of rotatable bonds is 5. The van der Waals surface area contributed by atoms with Crippen molar-refractivity contribution in [3.63, 3.8) is 0 Å². The van der Waals surface area contributed by atoms with Crippen LogP contribution in [0.25, 0.3) is 0 Å². The highest BCUT2D eigenvalue weighted by Crippen LogP contribution is 2.39. The molecule has 1 aromatic heterocycles. The molecule has 1 aromatic carbocycles. The molecular formula is C22H24F3N5O4. The van der Waals surface area contributed by atoms with Gasteiger partial charge in [0.15, 0.2) is 12.0 Å². The van der Waals surface area contributed by atoms with E-state index in [1.165, 1.54) is 27.6 Å². The highest BCUT2D eigenvalue weighted by atomic mass is 19.4. The summed E-state index contributed by atoms with van der Waals surface area (Å²) in [5.74, 6) is -0.800. The van der Waals surface area contributed by atoms with Crippen LogP contribution < -0.4 is 10.7 Å². The van der Waals surface area contributed by atoms with Gasteiger partial charge in [-0.3, -0.25) is 19.1 Å². The standard InChI is InChI=1S/C22H24F3N5O4/c1-26-19(33)17-18(32)14(11-31)10-30(27-17)13-21(7-8-29(12-21)20(34)28(2)3)15-5-4-6-16(9-15)22(23,24)25/h4-6,9-11H,7-8,12-13H2,1-3H3,(H,26,33). The van der Waals surface area contributed by atoms with Gasteiger partial charge in [-0.15, -0.1) is 0 Å². The summed E-state index contributed by atoms with van der Waals surface area (Å²) in [7, 11) is 4.44. The zero-order valence-corrected chi connectivity index (χ0v) is 18.8. The Balaban J connectivity index is 2.14. The van der Waals surface area contributed by atoms with Crippen molar-refractivity contribution in [1.82, 2.24) is 24.9 Å². The third kappa shape index (κ3) is 4.80. The largest absolute Gasteiger partial charge is 0.416 e. The molecule has 182 valence electrons. The number of aldehydes is 1. The Morgan fingerprint density at radius 3 is 2.59 bits per heavy atom. The van der Waals surface area contributed by atoms with Gasteiger partial charge in [-0.1, -0.05) is 18.2 Å². The van der Waals surface area contributed by atoms with Crippen LogP contribution in [0.15, 0.2) is 35.3 Å². The predicted molar refractivity (Wildman–Crippen MR) is 116 cm³/mol. The van der Waals surface area contributed by atoms with E-state index in [2.05, 4.69) is 10.4 Å². The van der Waals surface area contributed by atoms with E-state index in [1.54, 1.807) is 20.2 Å². The number of hydrogen-bond acceptors (Lipinski definition) is 5. The summed E-state index contributed by atoms with van der Waals surface area (Å²) in [4.78, 5) is 51.4. The Morgan fingerprint density at radius 2 is 2.00 bits per heavy atom. The molecule has 1 unspecified atom stereocenters. The third-order valence-corrected chi connectivity index (χ3v) is 5.84. The number of benzene rings is 1. The van der Waals surface area contributed by atoms with Gasteiger partial charge in [-0.25, -0.2) is 4.79 Å². The highest BCUT2D eigenvalue weighted by Gasteiger charge is 2.43. The molecule has 1 aliphatic rings. The number of nitrogens with zero attached hydrogens (tertiary/aromatic N) is 4.